The van der Waals surface area contributed by atoms with Crippen LogP contribution in [0.5, 0.6) is 0 Å². The van der Waals surface area contributed by atoms with E-state index in [1.54, 1.807) is 24.3 Å². The van der Waals surface area contributed by atoms with Crippen molar-refractivity contribution in [1.29, 1.82) is 0 Å². The van der Waals surface area contributed by atoms with Crippen molar-refractivity contribution in [2.45, 2.75) is 31.1 Å². The van der Waals surface area contributed by atoms with E-state index in [1.165, 1.54) is 12.1 Å². The van der Waals surface area contributed by atoms with Gasteiger partial charge in [0.25, 0.3) is 0 Å². The van der Waals surface area contributed by atoms with Crippen LogP contribution in [-0.4, -0.2) is 52.6 Å². The van der Waals surface area contributed by atoms with E-state index in [0.717, 1.165) is 37.4 Å². The number of hydrogen-bond donors (Lipinski definition) is 1. The molecule has 2 aromatic carbocycles. The number of rotatable bonds is 6. The number of piperazine rings is 1. The van der Waals surface area contributed by atoms with Gasteiger partial charge in [-0.1, -0.05) is 32.9 Å². The molecule has 1 saturated heterocycles. The lowest BCUT2D eigenvalue weighted by atomic mass is 9.87. The van der Waals surface area contributed by atoms with Crippen LogP contribution < -0.4 is 9.62 Å². The van der Waals surface area contributed by atoms with Gasteiger partial charge in [-0.3, -0.25) is 4.90 Å². The second-order valence-corrected chi connectivity index (χ2v) is 10.2. The summed E-state index contributed by atoms with van der Waals surface area (Å²) in [6, 6.07) is 13.6. The Hall–Kier alpha value is -1.96. The highest BCUT2D eigenvalue weighted by Gasteiger charge is 2.20. The first-order valence-corrected chi connectivity index (χ1v) is 11.5. The van der Waals surface area contributed by atoms with Gasteiger partial charge in [-0.2, -0.15) is 0 Å². The summed E-state index contributed by atoms with van der Waals surface area (Å²) in [4.78, 5) is 4.76. The molecule has 1 aliphatic rings. The van der Waals surface area contributed by atoms with Crippen LogP contribution in [0, 0.1) is 5.82 Å². The van der Waals surface area contributed by atoms with Crippen molar-refractivity contribution in [3.05, 3.63) is 59.9 Å². The Balaban J connectivity index is 1.47. The van der Waals surface area contributed by atoms with E-state index in [0.29, 0.717) is 18.0 Å². The Bertz CT molecular complexity index is 899. The van der Waals surface area contributed by atoms with Gasteiger partial charge in [0.1, 0.15) is 5.82 Å². The first kappa shape index (κ1) is 21.7. The largest absolute Gasteiger partial charge is 0.369 e. The molecule has 158 valence electrons. The number of sulfonamides is 1. The van der Waals surface area contributed by atoms with Crippen molar-refractivity contribution in [1.82, 2.24) is 9.62 Å². The lowest BCUT2D eigenvalue weighted by Crippen LogP contribution is -2.48. The fraction of sp³-hybridized carbons (Fsp3) is 0.455. The minimum Gasteiger partial charge on any atom is -0.369 e. The third-order valence-electron chi connectivity index (χ3n) is 5.31. The third kappa shape index (κ3) is 5.78. The average molecular weight is 420 g/mol. The zero-order valence-corrected chi connectivity index (χ0v) is 18.2. The first-order chi connectivity index (χ1) is 13.6. The molecule has 1 aliphatic heterocycles. The second-order valence-electron chi connectivity index (χ2n) is 8.48. The maximum absolute atomic E-state index is 13.1. The zero-order valence-electron chi connectivity index (χ0n) is 17.4. The molecule has 1 N–H and O–H groups in total. The molecule has 0 unspecified atom stereocenters. The van der Waals surface area contributed by atoms with E-state index >= 15 is 0 Å². The van der Waals surface area contributed by atoms with Crippen molar-refractivity contribution in [2.24, 2.45) is 0 Å². The van der Waals surface area contributed by atoms with Gasteiger partial charge in [-0.15, -0.1) is 0 Å². The van der Waals surface area contributed by atoms with Gasteiger partial charge in [-0.05, 0) is 47.4 Å². The van der Waals surface area contributed by atoms with Crippen LogP contribution in [0.25, 0.3) is 0 Å². The molecule has 0 bridgehead atoms. The number of benzene rings is 2. The molecule has 1 heterocycles. The highest BCUT2D eigenvalue weighted by Crippen LogP contribution is 2.23. The van der Waals surface area contributed by atoms with Gasteiger partial charge >= 0.3 is 0 Å². The SMILES string of the molecule is CC(C)(C)c1ccc(S(=O)(=O)NCCN2CCN(c3ccc(F)cc3)CC2)cc1. The second kappa shape index (κ2) is 8.81. The summed E-state index contributed by atoms with van der Waals surface area (Å²) < 4.78 is 40.8. The van der Waals surface area contributed by atoms with Gasteiger partial charge < -0.3 is 4.90 Å². The number of nitrogens with zero attached hydrogens (tertiary/aromatic N) is 2. The molecule has 3 rings (SSSR count). The highest BCUT2D eigenvalue weighted by molar-refractivity contribution is 7.89. The van der Waals surface area contributed by atoms with Crippen molar-refractivity contribution >= 4 is 15.7 Å². The summed E-state index contributed by atoms with van der Waals surface area (Å²) in [5.74, 6) is -0.229. The average Bonchev–Trinajstić information content (AvgIpc) is 2.68. The van der Waals surface area contributed by atoms with E-state index in [9.17, 15) is 12.8 Å². The molecule has 0 radical (unpaired) electrons. The Labute approximate surface area is 173 Å². The summed E-state index contributed by atoms with van der Waals surface area (Å²) in [6.07, 6.45) is 0. The molecular formula is C22H30FN3O2S. The van der Waals surface area contributed by atoms with Crippen LogP contribution in [0.3, 0.4) is 0 Å². The molecule has 0 aromatic heterocycles. The van der Waals surface area contributed by atoms with Gasteiger partial charge in [0.15, 0.2) is 0 Å². The van der Waals surface area contributed by atoms with Gasteiger partial charge in [-0.25, -0.2) is 17.5 Å². The predicted octanol–water partition coefficient (Wildman–Crippen LogP) is 3.22. The minimum absolute atomic E-state index is 0.00816. The van der Waals surface area contributed by atoms with Gasteiger partial charge in [0.05, 0.1) is 4.90 Å². The number of hydrogen-bond acceptors (Lipinski definition) is 4. The van der Waals surface area contributed by atoms with E-state index in [1.807, 2.05) is 12.1 Å². The fourth-order valence-electron chi connectivity index (χ4n) is 3.44. The molecule has 29 heavy (non-hydrogen) atoms. The van der Waals surface area contributed by atoms with Crippen molar-refractivity contribution < 1.29 is 12.8 Å². The maximum Gasteiger partial charge on any atom is 0.240 e. The molecule has 0 saturated carbocycles. The van der Waals surface area contributed by atoms with E-state index in [2.05, 4.69) is 35.3 Å². The molecule has 0 atom stereocenters. The smallest absolute Gasteiger partial charge is 0.240 e. The summed E-state index contributed by atoms with van der Waals surface area (Å²) in [7, 11) is -3.50. The Morgan fingerprint density at radius 3 is 2.07 bits per heavy atom. The predicted molar refractivity (Wildman–Crippen MR) is 115 cm³/mol. The summed E-state index contributed by atoms with van der Waals surface area (Å²) >= 11 is 0. The van der Waals surface area contributed by atoms with Gasteiger partial charge in [0, 0.05) is 45.0 Å². The molecule has 5 nitrogen and oxygen atoms in total. The zero-order chi connectivity index (χ0) is 21.1. The Kier molecular flexibility index (Phi) is 6.61. The minimum atomic E-state index is -3.50. The van der Waals surface area contributed by atoms with Crippen LogP contribution in [0.1, 0.15) is 26.3 Å². The molecule has 0 amide bonds. The topological polar surface area (TPSA) is 52.7 Å². The molecule has 0 aliphatic carbocycles. The van der Waals surface area contributed by atoms with Crippen molar-refractivity contribution in [3.8, 4) is 0 Å². The fourth-order valence-corrected chi connectivity index (χ4v) is 4.46. The monoisotopic (exact) mass is 419 g/mol. The van der Waals surface area contributed by atoms with E-state index in [-0.39, 0.29) is 11.2 Å². The summed E-state index contributed by atoms with van der Waals surface area (Å²) in [6.45, 7) is 10.7. The summed E-state index contributed by atoms with van der Waals surface area (Å²) in [5, 5.41) is 0. The molecule has 7 heteroatoms. The molecule has 0 spiro atoms. The van der Waals surface area contributed by atoms with Gasteiger partial charge in [0.2, 0.25) is 10.0 Å². The summed E-state index contributed by atoms with van der Waals surface area (Å²) in [5.41, 5.74) is 2.12. The lowest BCUT2D eigenvalue weighted by Gasteiger charge is -2.36. The highest BCUT2D eigenvalue weighted by atomic mass is 32.2. The Morgan fingerprint density at radius 2 is 1.52 bits per heavy atom. The normalized spacial score (nSPS) is 16.2. The molecule has 2 aromatic rings. The van der Waals surface area contributed by atoms with Crippen LogP contribution in [0.15, 0.2) is 53.4 Å². The van der Waals surface area contributed by atoms with Crippen molar-refractivity contribution in [2.75, 3.05) is 44.2 Å². The first-order valence-electron chi connectivity index (χ1n) is 9.98. The van der Waals surface area contributed by atoms with Crippen LogP contribution in [0.4, 0.5) is 10.1 Å². The Morgan fingerprint density at radius 1 is 0.931 bits per heavy atom. The number of halogens is 1. The van der Waals surface area contributed by atoms with Crippen molar-refractivity contribution in [3.63, 3.8) is 0 Å². The number of anilines is 1. The van der Waals surface area contributed by atoms with E-state index < -0.39 is 10.0 Å². The van der Waals surface area contributed by atoms with Crippen LogP contribution in [0.2, 0.25) is 0 Å². The standard InChI is InChI=1S/C22H30FN3O2S/c1-22(2,3)18-4-10-21(11-5-18)29(27,28)24-12-13-25-14-16-26(17-15-25)20-8-6-19(23)7-9-20/h4-11,24H,12-17H2,1-3H3. The molecular weight excluding hydrogens is 389 g/mol. The lowest BCUT2D eigenvalue weighted by molar-refractivity contribution is 0.262. The van der Waals surface area contributed by atoms with Crippen LogP contribution >= 0.6 is 0 Å². The van der Waals surface area contributed by atoms with E-state index in [4.69, 9.17) is 0 Å². The quantitative estimate of drug-likeness (QED) is 0.781. The molecule has 1 fully saturated rings. The third-order valence-corrected chi connectivity index (χ3v) is 6.79. The number of nitrogens with one attached hydrogen (secondary N) is 1. The van der Waals surface area contributed by atoms with Crippen LogP contribution in [-0.2, 0) is 15.4 Å². The maximum atomic E-state index is 13.1.